The van der Waals surface area contributed by atoms with Crippen LogP contribution in [-0.4, -0.2) is 29.1 Å². The van der Waals surface area contributed by atoms with Gasteiger partial charge in [-0.15, -0.1) is 11.8 Å². The van der Waals surface area contributed by atoms with Gasteiger partial charge in [-0.1, -0.05) is 36.4 Å². The Labute approximate surface area is 188 Å². The quantitative estimate of drug-likeness (QED) is 0.275. The molecular weight excluding hydrogens is 458 g/mol. The second-order valence-corrected chi connectivity index (χ2v) is 12.0. The van der Waals surface area contributed by atoms with Crippen LogP contribution in [0.25, 0.3) is 0 Å². The number of nitrogens with one attached hydrogen (secondary N) is 1. The first-order valence-corrected chi connectivity index (χ1v) is 13.3. The van der Waals surface area contributed by atoms with Crippen molar-refractivity contribution < 1.29 is 22.8 Å². The number of para-hydroxylation sites is 1. The number of hydrogen-bond acceptors (Lipinski definition) is 6. The molecule has 0 amide bonds. The minimum Gasteiger partial charge on any atom is -0.872 e. The molecule has 1 N–H and O–H groups in total. The maximum atomic E-state index is 13.0. The fraction of sp³-hybridized carbons (Fsp3) is 0.273. The number of aromatic nitrogens is 2. The van der Waals surface area contributed by atoms with Gasteiger partial charge in [0.15, 0.2) is 0 Å². The van der Waals surface area contributed by atoms with Gasteiger partial charge < -0.3 is 15.0 Å². The number of rotatable bonds is 7. The Bertz CT molecular complexity index is 1130. The van der Waals surface area contributed by atoms with Crippen molar-refractivity contribution in [2.45, 2.75) is 24.0 Å². The molecule has 0 aliphatic heterocycles. The van der Waals surface area contributed by atoms with Gasteiger partial charge in [0, 0.05) is 28.4 Å². The lowest BCUT2D eigenvalue weighted by Crippen LogP contribution is -2.13. The van der Waals surface area contributed by atoms with Gasteiger partial charge in [0.05, 0.1) is 0 Å². The summed E-state index contributed by atoms with van der Waals surface area (Å²) >= 11 is 1.33. The van der Waals surface area contributed by atoms with Crippen LogP contribution in [0.4, 0.5) is 24.7 Å². The fourth-order valence-electron chi connectivity index (χ4n) is 3.00. The summed E-state index contributed by atoms with van der Waals surface area (Å²) in [5.41, 5.74) is -0.247. The molecule has 0 spiro atoms. The van der Waals surface area contributed by atoms with E-state index in [4.69, 9.17) is 0 Å². The Morgan fingerprint density at radius 3 is 2.44 bits per heavy atom. The molecule has 0 saturated heterocycles. The van der Waals surface area contributed by atoms with Gasteiger partial charge in [0.1, 0.15) is 24.3 Å². The van der Waals surface area contributed by atoms with Crippen molar-refractivity contribution >= 4 is 35.7 Å². The molecule has 1 heterocycles. The van der Waals surface area contributed by atoms with E-state index in [1.807, 2.05) is 12.1 Å². The Balaban J connectivity index is 1.67. The molecule has 3 rings (SSSR count). The zero-order valence-corrected chi connectivity index (χ0v) is 19.4. The number of halogens is 3. The highest BCUT2D eigenvalue weighted by atomic mass is 32.2. The van der Waals surface area contributed by atoms with Crippen LogP contribution in [0.2, 0.25) is 0 Å². The van der Waals surface area contributed by atoms with E-state index in [-0.39, 0.29) is 5.56 Å². The second-order valence-electron chi connectivity index (χ2n) is 7.70. The molecule has 3 aromatic rings. The predicted octanol–water partition coefficient (Wildman–Crippen LogP) is 5.46. The van der Waals surface area contributed by atoms with E-state index >= 15 is 0 Å². The zero-order chi connectivity index (χ0) is 23.5. The normalized spacial score (nSPS) is 13.1. The van der Waals surface area contributed by atoms with Gasteiger partial charge in [0.25, 0.3) is 0 Å². The first-order valence-electron chi connectivity index (χ1n) is 9.70. The average molecular weight is 480 g/mol. The molecule has 170 valence electrons. The minimum absolute atomic E-state index is 0.129. The topological polar surface area (TPSA) is 77.9 Å². The van der Waals surface area contributed by atoms with Crippen molar-refractivity contribution in [1.82, 2.24) is 9.97 Å². The van der Waals surface area contributed by atoms with Crippen molar-refractivity contribution in [3.63, 3.8) is 0 Å². The van der Waals surface area contributed by atoms with Gasteiger partial charge in [-0.3, -0.25) is 0 Å². The fourth-order valence-corrected chi connectivity index (χ4v) is 4.79. The monoisotopic (exact) mass is 480 g/mol. The lowest BCUT2D eigenvalue weighted by Gasteiger charge is -2.24. The summed E-state index contributed by atoms with van der Waals surface area (Å²) in [7, 11) is -2.33. The highest BCUT2D eigenvalue weighted by Gasteiger charge is 2.31. The van der Waals surface area contributed by atoms with E-state index in [0.29, 0.717) is 16.6 Å². The van der Waals surface area contributed by atoms with Crippen LogP contribution < -0.4 is 15.7 Å². The van der Waals surface area contributed by atoms with Crippen LogP contribution >= 0.6 is 18.9 Å². The Kier molecular flexibility index (Phi) is 7.20. The molecule has 32 heavy (non-hydrogen) atoms. The summed E-state index contributed by atoms with van der Waals surface area (Å²) in [4.78, 5) is 8.37. The van der Waals surface area contributed by atoms with Crippen LogP contribution in [0.15, 0.2) is 59.9 Å². The Morgan fingerprint density at radius 1 is 1.12 bits per heavy atom. The van der Waals surface area contributed by atoms with Crippen LogP contribution in [-0.2, 0) is 10.7 Å². The Hall–Kier alpha value is -2.51. The highest BCUT2D eigenvalue weighted by molar-refractivity contribution is 7.99. The van der Waals surface area contributed by atoms with Crippen molar-refractivity contribution in [2.75, 3.05) is 24.4 Å². The van der Waals surface area contributed by atoms with E-state index in [1.165, 1.54) is 30.2 Å². The van der Waals surface area contributed by atoms with Crippen LogP contribution in [0, 0.1) is 0 Å². The van der Waals surface area contributed by atoms with Crippen molar-refractivity contribution in [3.8, 4) is 5.75 Å². The van der Waals surface area contributed by atoms with Gasteiger partial charge >= 0.3 is 6.18 Å². The SMILES string of the molecule is CC(CSc1cc(Nc2ccc(P(C)(C)=O)cc2)ncn1)c1cccc(C(F)(F)F)c1[O-]. The summed E-state index contributed by atoms with van der Waals surface area (Å²) in [5.74, 6) is -0.454. The number of alkyl halides is 3. The number of thioether (sulfide) groups is 1. The molecule has 0 saturated carbocycles. The van der Waals surface area contributed by atoms with E-state index < -0.39 is 30.5 Å². The molecule has 0 radical (unpaired) electrons. The lowest BCUT2D eigenvalue weighted by molar-refractivity contribution is -0.277. The molecule has 1 aromatic heterocycles. The standard InChI is InChI=1S/C22H23F3N3O2PS/c1-14(17-5-4-6-18(21(17)29)22(23,24)25)12-32-20-11-19(26-13-27-20)28-15-7-9-16(10-8-15)31(2,3)30/h4-11,13-14,29H,12H2,1-3H3,(H,26,27,28)/p-1. The third-order valence-electron chi connectivity index (χ3n) is 4.77. The molecule has 1 atom stereocenters. The van der Waals surface area contributed by atoms with Gasteiger partial charge in [-0.25, -0.2) is 9.97 Å². The molecule has 0 aliphatic rings. The lowest BCUT2D eigenvalue weighted by atomic mass is 9.99. The molecule has 10 heteroatoms. The maximum Gasteiger partial charge on any atom is 0.415 e. The molecule has 5 nitrogen and oxygen atoms in total. The smallest absolute Gasteiger partial charge is 0.415 e. The van der Waals surface area contributed by atoms with E-state index in [9.17, 15) is 22.8 Å². The van der Waals surface area contributed by atoms with Crippen molar-refractivity contribution in [2.24, 2.45) is 0 Å². The second kappa shape index (κ2) is 9.55. The number of nitrogens with zero attached hydrogens (tertiary/aromatic N) is 2. The van der Waals surface area contributed by atoms with Gasteiger partial charge in [-0.05, 0) is 43.5 Å². The number of anilines is 2. The molecule has 2 aromatic carbocycles. The number of hydrogen-bond donors (Lipinski definition) is 1. The first-order chi connectivity index (χ1) is 14.9. The third-order valence-corrected chi connectivity index (χ3v) is 7.49. The predicted molar refractivity (Wildman–Crippen MR) is 121 cm³/mol. The van der Waals surface area contributed by atoms with E-state index in [2.05, 4.69) is 15.3 Å². The summed E-state index contributed by atoms with van der Waals surface area (Å²) in [6.45, 7) is 5.13. The third kappa shape index (κ3) is 6.04. The molecule has 0 fully saturated rings. The number of benzene rings is 2. The summed E-state index contributed by atoms with van der Waals surface area (Å²) in [6.07, 6.45) is -3.28. The van der Waals surface area contributed by atoms with Crippen LogP contribution in [0.1, 0.15) is 24.0 Å². The maximum absolute atomic E-state index is 13.0. The van der Waals surface area contributed by atoms with Crippen LogP contribution in [0.5, 0.6) is 5.75 Å². The van der Waals surface area contributed by atoms with E-state index in [1.54, 1.807) is 38.5 Å². The summed E-state index contributed by atoms with van der Waals surface area (Å²) in [5, 5.41) is 16.8. The molecule has 0 bridgehead atoms. The largest absolute Gasteiger partial charge is 0.872 e. The van der Waals surface area contributed by atoms with Crippen molar-refractivity contribution in [3.05, 3.63) is 66.0 Å². The van der Waals surface area contributed by atoms with Crippen molar-refractivity contribution in [1.29, 1.82) is 0 Å². The Morgan fingerprint density at radius 2 is 1.81 bits per heavy atom. The minimum atomic E-state index is -4.67. The molecular formula is C22H22F3N3O2PS-. The summed E-state index contributed by atoms with van der Waals surface area (Å²) in [6, 6.07) is 12.5. The first kappa shape index (κ1) is 24.1. The van der Waals surface area contributed by atoms with Gasteiger partial charge in [-0.2, -0.15) is 13.2 Å². The molecule has 1 unspecified atom stereocenters. The van der Waals surface area contributed by atoms with Gasteiger partial charge in [0.2, 0.25) is 0 Å². The zero-order valence-electron chi connectivity index (χ0n) is 17.7. The van der Waals surface area contributed by atoms with E-state index in [0.717, 1.165) is 17.1 Å². The van der Waals surface area contributed by atoms with Crippen LogP contribution in [0.3, 0.4) is 0 Å². The summed E-state index contributed by atoms with van der Waals surface area (Å²) < 4.78 is 51.1. The highest BCUT2D eigenvalue weighted by Crippen LogP contribution is 2.39. The molecule has 0 aliphatic carbocycles. The average Bonchev–Trinajstić information content (AvgIpc) is 2.71.